The second kappa shape index (κ2) is 6.26. The fourth-order valence-corrected chi connectivity index (χ4v) is 2.81. The molecule has 1 N–H and O–H groups in total. The Morgan fingerprint density at radius 2 is 2.19 bits per heavy atom. The highest BCUT2D eigenvalue weighted by Crippen LogP contribution is 2.25. The number of hydrogen-bond donors (Lipinski definition) is 1. The Kier molecular flexibility index (Phi) is 4.20. The van der Waals surface area contributed by atoms with Gasteiger partial charge in [0.05, 0.1) is 0 Å². The van der Waals surface area contributed by atoms with Gasteiger partial charge in [0.25, 0.3) is 0 Å². The van der Waals surface area contributed by atoms with Gasteiger partial charge in [0.1, 0.15) is 11.5 Å². The number of nitrogens with zero attached hydrogens (tertiary/aromatic N) is 4. The van der Waals surface area contributed by atoms with Crippen LogP contribution >= 0.6 is 0 Å². The quantitative estimate of drug-likeness (QED) is 0.929. The monoisotopic (exact) mass is 283 g/mol. The van der Waals surface area contributed by atoms with Gasteiger partial charge in [-0.1, -0.05) is 6.92 Å². The summed E-state index contributed by atoms with van der Waals surface area (Å²) in [6, 6.07) is 1.87. The average Bonchev–Trinajstić information content (AvgIpc) is 2.52. The van der Waals surface area contributed by atoms with Crippen molar-refractivity contribution < 1.29 is 0 Å². The third-order valence-corrected chi connectivity index (χ3v) is 3.94. The van der Waals surface area contributed by atoms with E-state index in [9.17, 15) is 0 Å². The van der Waals surface area contributed by atoms with Crippen molar-refractivity contribution in [3.05, 3.63) is 35.5 Å². The first-order valence-electron chi connectivity index (χ1n) is 7.61. The van der Waals surface area contributed by atoms with Crippen LogP contribution in [0.3, 0.4) is 0 Å². The predicted molar refractivity (Wildman–Crippen MR) is 81.9 cm³/mol. The zero-order valence-corrected chi connectivity index (χ0v) is 12.6. The Morgan fingerprint density at radius 1 is 1.29 bits per heavy atom. The van der Waals surface area contributed by atoms with E-state index in [4.69, 9.17) is 4.98 Å². The van der Waals surface area contributed by atoms with Crippen LogP contribution in [0.4, 0.5) is 0 Å². The molecule has 3 rings (SSSR count). The minimum atomic E-state index is 0.702. The van der Waals surface area contributed by atoms with Gasteiger partial charge in [-0.25, -0.2) is 19.9 Å². The van der Waals surface area contributed by atoms with Crippen LogP contribution in [0, 0.1) is 12.8 Å². The summed E-state index contributed by atoms with van der Waals surface area (Å²) in [6.07, 6.45) is 7.04. The van der Waals surface area contributed by atoms with Crippen molar-refractivity contribution in [2.24, 2.45) is 5.92 Å². The van der Waals surface area contributed by atoms with E-state index in [0.717, 1.165) is 37.4 Å². The number of nitrogens with one attached hydrogen (secondary N) is 1. The van der Waals surface area contributed by atoms with Gasteiger partial charge in [-0.15, -0.1) is 0 Å². The Labute approximate surface area is 125 Å². The summed E-state index contributed by atoms with van der Waals surface area (Å²) in [5, 5.41) is 3.43. The van der Waals surface area contributed by atoms with Gasteiger partial charge in [0, 0.05) is 18.1 Å². The van der Waals surface area contributed by atoms with Crippen LogP contribution in [0.2, 0.25) is 0 Å². The first kappa shape index (κ1) is 14.1. The zero-order valence-electron chi connectivity index (χ0n) is 12.6. The molecule has 1 atom stereocenters. The largest absolute Gasteiger partial charge is 0.317 e. The summed E-state index contributed by atoms with van der Waals surface area (Å²) in [5.41, 5.74) is 3.28. The minimum absolute atomic E-state index is 0.702. The summed E-state index contributed by atoms with van der Waals surface area (Å²) in [6.45, 7) is 6.15. The van der Waals surface area contributed by atoms with E-state index < -0.39 is 0 Å². The zero-order chi connectivity index (χ0) is 14.7. The van der Waals surface area contributed by atoms with Crippen molar-refractivity contribution >= 4 is 0 Å². The highest BCUT2D eigenvalue weighted by atomic mass is 15.0. The smallest absolute Gasteiger partial charge is 0.178 e. The normalized spacial score (nSPS) is 17.5. The van der Waals surface area contributed by atoms with Gasteiger partial charge in [0.15, 0.2) is 5.82 Å². The van der Waals surface area contributed by atoms with Gasteiger partial charge >= 0.3 is 0 Å². The van der Waals surface area contributed by atoms with Gasteiger partial charge in [0.2, 0.25) is 0 Å². The van der Waals surface area contributed by atoms with Gasteiger partial charge < -0.3 is 5.32 Å². The molecule has 0 saturated heterocycles. The molecule has 2 aromatic heterocycles. The topological polar surface area (TPSA) is 63.6 Å². The standard InChI is InChI=1S/C16H21N5/c1-3-17-9-12-4-5-14-13(8-12)10-19-16(21-14)15-6-7-18-11(2)20-15/h6-7,10,12,17H,3-5,8-9H2,1-2H3. The van der Waals surface area contributed by atoms with E-state index in [0.29, 0.717) is 11.7 Å². The lowest BCUT2D eigenvalue weighted by Crippen LogP contribution is -2.27. The van der Waals surface area contributed by atoms with Crippen molar-refractivity contribution in [3.63, 3.8) is 0 Å². The molecule has 5 heteroatoms. The molecule has 5 nitrogen and oxygen atoms in total. The Balaban J connectivity index is 1.80. The fourth-order valence-electron chi connectivity index (χ4n) is 2.81. The van der Waals surface area contributed by atoms with E-state index in [-0.39, 0.29) is 0 Å². The Hall–Kier alpha value is -1.88. The highest BCUT2D eigenvalue weighted by Gasteiger charge is 2.20. The average molecular weight is 283 g/mol. The number of hydrogen-bond acceptors (Lipinski definition) is 5. The van der Waals surface area contributed by atoms with Crippen molar-refractivity contribution in [1.82, 2.24) is 25.3 Å². The summed E-state index contributed by atoms with van der Waals surface area (Å²) in [4.78, 5) is 17.7. The molecule has 0 fully saturated rings. The number of aromatic nitrogens is 4. The van der Waals surface area contributed by atoms with Gasteiger partial charge in [-0.2, -0.15) is 0 Å². The van der Waals surface area contributed by atoms with E-state index in [1.54, 1.807) is 6.20 Å². The summed E-state index contributed by atoms with van der Waals surface area (Å²) in [7, 11) is 0. The van der Waals surface area contributed by atoms with E-state index in [1.165, 1.54) is 17.7 Å². The lowest BCUT2D eigenvalue weighted by atomic mass is 9.87. The molecule has 2 heterocycles. The molecule has 0 saturated carbocycles. The maximum atomic E-state index is 4.72. The molecule has 2 aromatic rings. The van der Waals surface area contributed by atoms with E-state index in [2.05, 4.69) is 27.2 Å². The molecule has 1 unspecified atom stereocenters. The van der Waals surface area contributed by atoms with Gasteiger partial charge in [-0.3, -0.25) is 0 Å². The van der Waals surface area contributed by atoms with Crippen molar-refractivity contribution in [2.75, 3.05) is 13.1 Å². The van der Waals surface area contributed by atoms with Crippen LogP contribution in [0.1, 0.15) is 30.4 Å². The maximum Gasteiger partial charge on any atom is 0.178 e. The van der Waals surface area contributed by atoms with Gasteiger partial charge in [-0.05, 0) is 56.8 Å². The molecule has 0 bridgehead atoms. The fraction of sp³-hybridized carbons (Fsp3) is 0.500. The lowest BCUT2D eigenvalue weighted by Gasteiger charge is -2.24. The molecule has 0 aliphatic heterocycles. The van der Waals surface area contributed by atoms with Crippen LogP contribution < -0.4 is 5.32 Å². The first-order valence-corrected chi connectivity index (χ1v) is 7.61. The molecule has 110 valence electrons. The number of fused-ring (bicyclic) bond motifs is 1. The second-order valence-electron chi connectivity index (χ2n) is 5.57. The maximum absolute atomic E-state index is 4.72. The number of aryl methyl sites for hydroxylation is 2. The van der Waals surface area contributed by atoms with Crippen molar-refractivity contribution in [1.29, 1.82) is 0 Å². The van der Waals surface area contributed by atoms with Crippen LogP contribution in [0.15, 0.2) is 18.5 Å². The van der Waals surface area contributed by atoms with Crippen LogP contribution in [0.5, 0.6) is 0 Å². The third kappa shape index (κ3) is 3.24. The van der Waals surface area contributed by atoms with Crippen LogP contribution in [-0.4, -0.2) is 33.0 Å². The first-order chi connectivity index (χ1) is 10.3. The molecule has 21 heavy (non-hydrogen) atoms. The molecule has 1 aliphatic rings. The van der Waals surface area contributed by atoms with E-state index in [1.807, 2.05) is 19.2 Å². The molecule has 0 amide bonds. The molecule has 1 aliphatic carbocycles. The van der Waals surface area contributed by atoms with Crippen LogP contribution in [-0.2, 0) is 12.8 Å². The lowest BCUT2D eigenvalue weighted by molar-refractivity contribution is 0.424. The highest BCUT2D eigenvalue weighted by molar-refractivity contribution is 5.49. The van der Waals surface area contributed by atoms with E-state index >= 15 is 0 Å². The summed E-state index contributed by atoms with van der Waals surface area (Å²) >= 11 is 0. The SMILES string of the molecule is CCNCC1CCc2nc(-c3ccnc(C)n3)ncc2C1. The molecule has 0 radical (unpaired) electrons. The summed E-state index contributed by atoms with van der Waals surface area (Å²) < 4.78 is 0. The molecule has 0 aromatic carbocycles. The molecular formula is C16H21N5. The predicted octanol–water partition coefficient (Wildman–Crippen LogP) is 1.96. The minimum Gasteiger partial charge on any atom is -0.317 e. The van der Waals surface area contributed by atoms with Crippen molar-refractivity contribution in [2.45, 2.75) is 33.1 Å². The second-order valence-corrected chi connectivity index (χ2v) is 5.57. The molecular weight excluding hydrogens is 262 g/mol. The summed E-state index contributed by atoms with van der Waals surface area (Å²) in [5.74, 6) is 2.16. The third-order valence-electron chi connectivity index (χ3n) is 3.94. The number of rotatable bonds is 4. The van der Waals surface area contributed by atoms with Crippen LogP contribution in [0.25, 0.3) is 11.5 Å². The Bertz CT molecular complexity index is 626. The molecule has 0 spiro atoms. The van der Waals surface area contributed by atoms with Crippen molar-refractivity contribution in [3.8, 4) is 11.5 Å². The Morgan fingerprint density at radius 3 is 3.00 bits per heavy atom.